The van der Waals surface area contributed by atoms with Gasteiger partial charge in [-0.1, -0.05) is 60.8 Å². The fourth-order valence-electron chi connectivity index (χ4n) is 2.87. The zero-order chi connectivity index (χ0) is 20.5. The maximum absolute atomic E-state index is 13.1. The molecule has 2 aromatic carbocycles. The van der Waals surface area contributed by atoms with E-state index in [-0.39, 0.29) is 18.2 Å². The van der Waals surface area contributed by atoms with Crippen LogP contribution in [0, 0.1) is 0 Å². The van der Waals surface area contributed by atoms with Gasteiger partial charge in [-0.05, 0) is 48.7 Å². The standard InChI is InChI=1S/C22H26Cl2N2O2/c1-3-4-11-25-22(28)16(2)26(15-18-8-6-10-20(24)13-18)21(27)14-17-7-5-9-19(23)12-17/h5-10,12-13,16H,3-4,11,14-15H2,1-2H3,(H,25,28)/t16-/m1/s1. The minimum atomic E-state index is -0.595. The van der Waals surface area contributed by atoms with Crippen molar-refractivity contribution in [1.29, 1.82) is 0 Å². The van der Waals surface area contributed by atoms with Crippen LogP contribution in [0.25, 0.3) is 0 Å². The first-order chi connectivity index (χ1) is 13.4. The number of carbonyl (C=O) groups excluding carboxylic acids is 2. The Morgan fingerprint density at radius 1 is 1.04 bits per heavy atom. The Hall–Kier alpha value is -2.04. The van der Waals surface area contributed by atoms with E-state index >= 15 is 0 Å². The molecule has 0 heterocycles. The molecule has 0 aliphatic carbocycles. The number of hydrogen-bond donors (Lipinski definition) is 1. The van der Waals surface area contributed by atoms with E-state index in [4.69, 9.17) is 23.2 Å². The van der Waals surface area contributed by atoms with Crippen LogP contribution in [-0.4, -0.2) is 29.3 Å². The lowest BCUT2D eigenvalue weighted by atomic mass is 10.1. The van der Waals surface area contributed by atoms with Crippen molar-refractivity contribution in [2.45, 2.75) is 45.7 Å². The van der Waals surface area contributed by atoms with E-state index < -0.39 is 6.04 Å². The molecule has 28 heavy (non-hydrogen) atoms. The summed E-state index contributed by atoms with van der Waals surface area (Å²) in [5, 5.41) is 4.09. The fourth-order valence-corrected chi connectivity index (χ4v) is 3.30. The van der Waals surface area contributed by atoms with Gasteiger partial charge in [-0.3, -0.25) is 9.59 Å². The molecule has 0 fully saturated rings. The number of benzene rings is 2. The van der Waals surface area contributed by atoms with E-state index in [0.717, 1.165) is 24.0 Å². The minimum absolute atomic E-state index is 0.139. The number of unbranched alkanes of at least 4 members (excludes halogenated alkanes) is 1. The molecule has 0 aromatic heterocycles. The highest BCUT2D eigenvalue weighted by molar-refractivity contribution is 6.30. The monoisotopic (exact) mass is 420 g/mol. The van der Waals surface area contributed by atoms with E-state index in [0.29, 0.717) is 23.1 Å². The maximum atomic E-state index is 13.1. The predicted molar refractivity (Wildman–Crippen MR) is 115 cm³/mol. The molecule has 2 aromatic rings. The second-order valence-corrected chi connectivity index (χ2v) is 7.65. The van der Waals surface area contributed by atoms with E-state index in [1.165, 1.54) is 0 Å². The summed E-state index contributed by atoms with van der Waals surface area (Å²) >= 11 is 12.1. The van der Waals surface area contributed by atoms with Crippen LogP contribution in [0.15, 0.2) is 48.5 Å². The second-order valence-electron chi connectivity index (χ2n) is 6.78. The largest absolute Gasteiger partial charge is 0.354 e. The molecule has 0 aliphatic rings. The summed E-state index contributed by atoms with van der Waals surface area (Å²) in [5.74, 6) is -0.296. The van der Waals surface area contributed by atoms with Gasteiger partial charge in [0.1, 0.15) is 6.04 Å². The van der Waals surface area contributed by atoms with E-state index in [2.05, 4.69) is 12.2 Å². The van der Waals surface area contributed by atoms with Crippen LogP contribution in [0.4, 0.5) is 0 Å². The highest BCUT2D eigenvalue weighted by atomic mass is 35.5. The van der Waals surface area contributed by atoms with Crippen LogP contribution < -0.4 is 5.32 Å². The molecule has 6 heteroatoms. The zero-order valence-corrected chi connectivity index (χ0v) is 17.8. The third-order valence-corrected chi connectivity index (χ3v) is 4.95. The van der Waals surface area contributed by atoms with Crippen molar-refractivity contribution in [1.82, 2.24) is 10.2 Å². The molecule has 0 unspecified atom stereocenters. The molecule has 0 aliphatic heterocycles. The SMILES string of the molecule is CCCCNC(=O)[C@@H](C)N(Cc1cccc(Cl)c1)C(=O)Cc1cccc(Cl)c1. The summed E-state index contributed by atoms with van der Waals surface area (Å²) in [5.41, 5.74) is 1.69. The van der Waals surface area contributed by atoms with Crippen molar-refractivity contribution in [2.24, 2.45) is 0 Å². The molecule has 1 N–H and O–H groups in total. The lowest BCUT2D eigenvalue weighted by Crippen LogP contribution is -2.48. The maximum Gasteiger partial charge on any atom is 0.242 e. The summed E-state index contributed by atoms with van der Waals surface area (Å²) < 4.78 is 0. The number of carbonyl (C=O) groups is 2. The van der Waals surface area contributed by atoms with Crippen LogP contribution >= 0.6 is 23.2 Å². The fraction of sp³-hybridized carbons (Fsp3) is 0.364. The summed E-state index contributed by atoms with van der Waals surface area (Å²) in [6, 6.07) is 13.9. The predicted octanol–water partition coefficient (Wildman–Crippen LogP) is 4.87. The van der Waals surface area contributed by atoms with Gasteiger partial charge in [-0.2, -0.15) is 0 Å². The number of halogens is 2. The van der Waals surface area contributed by atoms with Gasteiger partial charge in [0.2, 0.25) is 11.8 Å². The van der Waals surface area contributed by atoms with Gasteiger partial charge in [0.25, 0.3) is 0 Å². The van der Waals surface area contributed by atoms with E-state index in [1.54, 1.807) is 30.0 Å². The molecule has 2 amide bonds. The second kappa shape index (κ2) is 11.1. The first-order valence-corrected chi connectivity index (χ1v) is 10.2. The van der Waals surface area contributed by atoms with Gasteiger partial charge in [-0.25, -0.2) is 0 Å². The Bertz CT molecular complexity index is 811. The number of nitrogens with one attached hydrogen (secondary N) is 1. The molecule has 0 radical (unpaired) electrons. The molecule has 4 nitrogen and oxygen atoms in total. The van der Waals surface area contributed by atoms with E-state index in [1.807, 2.05) is 30.3 Å². The van der Waals surface area contributed by atoms with Gasteiger partial charge in [0, 0.05) is 23.1 Å². The molecule has 0 spiro atoms. The molecule has 2 rings (SSSR count). The number of rotatable bonds is 9. The van der Waals surface area contributed by atoms with Crippen molar-refractivity contribution in [3.05, 3.63) is 69.7 Å². The van der Waals surface area contributed by atoms with Crippen molar-refractivity contribution in [3.63, 3.8) is 0 Å². The molecule has 1 atom stereocenters. The van der Waals surface area contributed by atoms with Gasteiger partial charge >= 0.3 is 0 Å². The topological polar surface area (TPSA) is 49.4 Å². The molecular formula is C22H26Cl2N2O2. The van der Waals surface area contributed by atoms with Gasteiger partial charge < -0.3 is 10.2 Å². The average molecular weight is 421 g/mol. The molecule has 0 bridgehead atoms. The Morgan fingerprint density at radius 2 is 1.64 bits per heavy atom. The normalized spacial score (nSPS) is 11.7. The summed E-state index contributed by atoms with van der Waals surface area (Å²) in [6.07, 6.45) is 2.07. The molecule has 0 saturated heterocycles. The third kappa shape index (κ3) is 6.84. The van der Waals surface area contributed by atoms with Crippen molar-refractivity contribution in [3.8, 4) is 0 Å². The van der Waals surface area contributed by atoms with Crippen LogP contribution in [0.1, 0.15) is 37.8 Å². The van der Waals surface area contributed by atoms with E-state index in [9.17, 15) is 9.59 Å². The van der Waals surface area contributed by atoms with Crippen molar-refractivity contribution >= 4 is 35.0 Å². The van der Waals surface area contributed by atoms with Gasteiger partial charge in [0.15, 0.2) is 0 Å². The summed E-state index contributed by atoms with van der Waals surface area (Å²) in [7, 11) is 0. The highest BCUT2D eigenvalue weighted by Gasteiger charge is 2.26. The number of nitrogens with zero attached hydrogens (tertiary/aromatic N) is 1. The van der Waals surface area contributed by atoms with Crippen molar-refractivity contribution in [2.75, 3.05) is 6.54 Å². The minimum Gasteiger partial charge on any atom is -0.354 e. The molecule has 0 saturated carbocycles. The lowest BCUT2D eigenvalue weighted by Gasteiger charge is -2.29. The Labute approximate surface area is 176 Å². The third-order valence-electron chi connectivity index (χ3n) is 4.48. The zero-order valence-electron chi connectivity index (χ0n) is 16.3. The van der Waals surface area contributed by atoms with Crippen molar-refractivity contribution < 1.29 is 9.59 Å². The lowest BCUT2D eigenvalue weighted by molar-refractivity contribution is -0.140. The van der Waals surface area contributed by atoms with Crippen LogP contribution in [0.5, 0.6) is 0 Å². The Morgan fingerprint density at radius 3 is 2.25 bits per heavy atom. The van der Waals surface area contributed by atoms with Crippen LogP contribution in [0.3, 0.4) is 0 Å². The molecular weight excluding hydrogens is 395 g/mol. The van der Waals surface area contributed by atoms with Crippen LogP contribution in [0.2, 0.25) is 10.0 Å². The number of hydrogen-bond acceptors (Lipinski definition) is 2. The Balaban J connectivity index is 2.18. The molecule has 150 valence electrons. The smallest absolute Gasteiger partial charge is 0.242 e. The summed E-state index contributed by atoms with van der Waals surface area (Å²) in [6.45, 7) is 4.73. The number of amides is 2. The van der Waals surface area contributed by atoms with Gasteiger partial charge in [-0.15, -0.1) is 0 Å². The first-order valence-electron chi connectivity index (χ1n) is 9.46. The highest BCUT2D eigenvalue weighted by Crippen LogP contribution is 2.17. The van der Waals surface area contributed by atoms with Gasteiger partial charge in [0.05, 0.1) is 6.42 Å². The Kier molecular flexibility index (Phi) is 8.81. The first kappa shape index (κ1) is 22.3. The summed E-state index contributed by atoms with van der Waals surface area (Å²) in [4.78, 5) is 27.2. The average Bonchev–Trinajstić information content (AvgIpc) is 2.65. The quantitative estimate of drug-likeness (QED) is 0.588. The van der Waals surface area contributed by atoms with Crippen LogP contribution in [-0.2, 0) is 22.6 Å².